The van der Waals surface area contributed by atoms with Gasteiger partial charge in [-0.3, -0.25) is 9.69 Å². The standard InChI is InChI=1S/C28H31ClN2O4/c1-33-24-8-5-6-20(16-24)18-31-14-12-23(13-15-31)30-28(32)21-10-11-26(27(17-21)34-2)35-19-22-7-3-4-9-25(22)29/h3-11,16-17,23H,12-15,18-19H2,1-2H3,(H,30,32). The maximum absolute atomic E-state index is 12.9. The normalized spacial score (nSPS) is 14.4. The first-order valence-electron chi connectivity index (χ1n) is 11.8. The van der Waals surface area contributed by atoms with E-state index in [4.69, 9.17) is 25.8 Å². The molecule has 1 N–H and O–H groups in total. The maximum atomic E-state index is 12.9. The van der Waals surface area contributed by atoms with Gasteiger partial charge in [0.25, 0.3) is 5.91 Å². The lowest BCUT2D eigenvalue weighted by atomic mass is 10.0. The molecule has 6 nitrogen and oxygen atoms in total. The topological polar surface area (TPSA) is 60.0 Å². The highest BCUT2D eigenvalue weighted by Gasteiger charge is 2.22. The second-order valence-corrected chi connectivity index (χ2v) is 9.03. The molecular formula is C28H31ClN2O4. The molecule has 1 heterocycles. The molecule has 0 saturated carbocycles. The number of carbonyl (C=O) groups is 1. The van der Waals surface area contributed by atoms with Crippen LogP contribution in [0.25, 0.3) is 0 Å². The van der Waals surface area contributed by atoms with Crippen LogP contribution in [-0.4, -0.2) is 44.2 Å². The predicted octanol–water partition coefficient (Wildman–Crippen LogP) is 5.33. The summed E-state index contributed by atoms with van der Waals surface area (Å²) in [7, 11) is 3.25. The van der Waals surface area contributed by atoms with Gasteiger partial charge in [0.15, 0.2) is 11.5 Å². The van der Waals surface area contributed by atoms with E-state index in [1.165, 1.54) is 5.56 Å². The van der Waals surface area contributed by atoms with Crippen LogP contribution < -0.4 is 19.5 Å². The fraction of sp³-hybridized carbons (Fsp3) is 0.321. The molecular weight excluding hydrogens is 464 g/mol. The van der Waals surface area contributed by atoms with E-state index in [-0.39, 0.29) is 11.9 Å². The molecule has 0 aromatic heterocycles. The molecule has 0 unspecified atom stereocenters. The number of rotatable bonds is 9. The number of benzene rings is 3. The van der Waals surface area contributed by atoms with Gasteiger partial charge >= 0.3 is 0 Å². The summed E-state index contributed by atoms with van der Waals surface area (Å²) < 4.78 is 16.7. The van der Waals surface area contributed by atoms with Gasteiger partial charge in [-0.25, -0.2) is 0 Å². The largest absolute Gasteiger partial charge is 0.497 e. The van der Waals surface area contributed by atoms with Gasteiger partial charge in [-0.2, -0.15) is 0 Å². The fourth-order valence-electron chi connectivity index (χ4n) is 4.23. The summed E-state index contributed by atoms with van der Waals surface area (Å²) in [6.45, 7) is 3.06. The SMILES string of the molecule is COc1cccc(CN2CCC(NC(=O)c3ccc(OCc4ccccc4Cl)c(OC)c3)CC2)c1. The Morgan fingerprint density at radius 3 is 2.51 bits per heavy atom. The van der Waals surface area contributed by atoms with E-state index in [0.29, 0.717) is 28.7 Å². The zero-order valence-corrected chi connectivity index (χ0v) is 20.9. The molecule has 0 aliphatic carbocycles. The number of hydrogen-bond donors (Lipinski definition) is 1. The number of hydrogen-bond acceptors (Lipinski definition) is 5. The Labute approximate surface area is 211 Å². The highest BCUT2D eigenvalue weighted by Crippen LogP contribution is 2.30. The van der Waals surface area contributed by atoms with Crippen molar-refractivity contribution in [3.8, 4) is 17.2 Å². The van der Waals surface area contributed by atoms with E-state index >= 15 is 0 Å². The summed E-state index contributed by atoms with van der Waals surface area (Å²) in [5, 5.41) is 3.82. The van der Waals surface area contributed by atoms with Crippen LogP contribution in [0.2, 0.25) is 5.02 Å². The first-order chi connectivity index (χ1) is 17.1. The Balaban J connectivity index is 1.29. The molecule has 1 fully saturated rings. The van der Waals surface area contributed by atoms with E-state index in [9.17, 15) is 4.79 Å². The van der Waals surface area contributed by atoms with Crippen LogP contribution in [0.3, 0.4) is 0 Å². The lowest BCUT2D eigenvalue weighted by molar-refractivity contribution is 0.0908. The third kappa shape index (κ3) is 6.68. The Morgan fingerprint density at radius 1 is 0.971 bits per heavy atom. The predicted molar refractivity (Wildman–Crippen MR) is 138 cm³/mol. The number of likely N-dealkylation sites (tertiary alicyclic amines) is 1. The number of halogens is 1. The summed E-state index contributed by atoms with van der Waals surface area (Å²) in [5.74, 6) is 1.85. The first-order valence-corrected chi connectivity index (χ1v) is 12.1. The van der Waals surface area contributed by atoms with Crippen molar-refractivity contribution >= 4 is 17.5 Å². The monoisotopic (exact) mass is 494 g/mol. The second-order valence-electron chi connectivity index (χ2n) is 8.62. The quantitative estimate of drug-likeness (QED) is 0.435. The van der Waals surface area contributed by atoms with Gasteiger partial charge in [-0.05, 0) is 54.8 Å². The third-order valence-electron chi connectivity index (χ3n) is 6.23. The summed E-state index contributed by atoms with van der Waals surface area (Å²) in [6.07, 6.45) is 1.82. The van der Waals surface area contributed by atoms with Crippen molar-refractivity contribution in [2.45, 2.75) is 32.0 Å². The van der Waals surface area contributed by atoms with E-state index in [0.717, 1.165) is 43.8 Å². The molecule has 0 atom stereocenters. The molecule has 3 aromatic carbocycles. The van der Waals surface area contributed by atoms with E-state index in [1.807, 2.05) is 36.4 Å². The number of nitrogens with one attached hydrogen (secondary N) is 1. The number of nitrogens with zero attached hydrogens (tertiary/aromatic N) is 1. The molecule has 184 valence electrons. The van der Waals surface area contributed by atoms with Gasteiger partial charge in [0.2, 0.25) is 0 Å². The van der Waals surface area contributed by atoms with Crippen LogP contribution in [0.1, 0.15) is 34.3 Å². The molecule has 0 spiro atoms. The zero-order chi connectivity index (χ0) is 24.6. The van der Waals surface area contributed by atoms with Crippen LogP contribution in [0, 0.1) is 0 Å². The van der Waals surface area contributed by atoms with Gasteiger partial charge in [0.1, 0.15) is 12.4 Å². The van der Waals surface area contributed by atoms with Crippen molar-refractivity contribution in [2.24, 2.45) is 0 Å². The van der Waals surface area contributed by atoms with Gasteiger partial charge in [0.05, 0.1) is 14.2 Å². The van der Waals surface area contributed by atoms with Crippen molar-refractivity contribution in [1.29, 1.82) is 0 Å². The number of amides is 1. The van der Waals surface area contributed by atoms with Gasteiger partial charge in [0, 0.05) is 41.8 Å². The van der Waals surface area contributed by atoms with E-state index in [1.54, 1.807) is 32.4 Å². The minimum Gasteiger partial charge on any atom is -0.497 e. The van der Waals surface area contributed by atoms with Gasteiger partial charge in [-0.1, -0.05) is 41.9 Å². The van der Waals surface area contributed by atoms with E-state index < -0.39 is 0 Å². The Bertz CT molecular complexity index is 1150. The van der Waals surface area contributed by atoms with Crippen LogP contribution in [0.4, 0.5) is 0 Å². The molecule has 1 aliphatic rings. The molecule has 4 rings (SSSR count). The highest BCUT2D eigenvalue weighted by molar-refractivity contribution is 6.31. The number of carbonyl (C=O) groups excluding carboxylic acids is 1. The molecule has 3 aromatic rings. The van der Waals surface area contributed by atoms with Crippen LogP contribution in [-0.2, 0) is 13.2 Å². The summed E-state index contributed by atoms with van der Waals surface area (Å²) >= 11 is 6.21. The molecule has 1 amide bonds. The number of ether oxygens (including phenoxy) is 3. The average Bonchev–Trinajstić information content (AvgIpc) is 2.89. The van der Waals surface area contributed by atoms with Crippen molar-refractivity contribution in [1.82, 2.24) is 10.2 Å². The molecule has 1 aliphatic heterocycles. The summed E-state index contributed by atoms with van der Waals surface area (Å²) in [5.41, 5.74) is 2.66. The van der Waals surface area contributed by atoms with Crippen LogP contribution in [0.15, 0.2) is 66.7 Å². The maximum Gasteiger partial charge on any atom is 0.251 e. The van der Waals surface area contributed by atoms with Crippen molar-refractivity contribution in [3.63, 3.8) is 0 Å². The molecule has 1 saturated heterocycles. The smallest absolute Gasteiger partial charge is 0.251 e. The van der Waals surface area contributed by atoms with E-state index in [2.05, 4.69) is 22.3 Å². The summed E-state index contributed by atoms with van der Waals surface area (Å²) in [4.78, 5) is 15.3. The van der Waals surface area contributed by atoms with Gasteiger partial charge in [-0.15, -0.1) is 0 Å². The average molecular weight is 495 g/mol. The number of methoxy groups -OCH3 is 2. The lowest BCUT2D eigenvalue weighted by Gasteiger charge is -2.32. The van der Waals surface area contributed by atoms with Crippen molar-refractivity contribution in [3.05, 3.63) is 88.4 Å². The fourth-order valence-corrected chi connectivity index (χ4v) is 4.42. The lowest BCUT2D eigenvalue weighted by Crippen LogP contribution is -2.44. The molecule has 35 heavy (non-hydrogen) atoms. The van der Waals surface area contributed by atoms with Gasteiger partial charge < -0.3 is 19.5 Å². The molecule has 0 radical (unpaired) electrons. The minimum atomic E-state index is -0.104. The third-order valence-corrected chi connectivity index (χ3v) is 6.60. The Hall–Kier alpha value is -3.22. The van der Waals surface area contributed by atoms with Crippen molar-refractivity contribution in [2.75, 3.05) is 27.3 Å². The Morgan fingerprint density at radius 2 is 1.77 bits per heavy atom. The summed E-state index contributed by atoms with van der Waals surface area (Å²) in [6, 6.07) is 21.1. The zero-order valence-electron chi connectivity index (χ0n) is 20.1. The first kappa shape index (κ1) is 24.9. The molecule has 0 bridgehead atoms. The Kier molecular flexibility index (Phi) is 8.50. The minimum absolute atomic E-state index is 0.104. The second kappa shape index (κ2) is 12.0. The highest BCUT2D eigenvalue weighted by atomic mass is 35.5. The number of piperidine rings is 1. The van der Waals surface area contributed by atoms with Crippen LogP contribution in [0.5, 0.6) is 17.2 Å². The molecule has 7 heteroatoms. The van der Waals surface area contributed by atoms with Crippen LogP contribution >= 0.6 is 11.6 Å². The van der Waals surface area contributed by atoms with Crippen molar-refractivity contribution < 1.29 is 19.0 Å².